The highest BCUT2D eigenvalue weighted by Crippen LogP contribution is 2.38. The molecule has 2 saturated carbocycles. The van der Waals surface area contributed by atoms with Gasteiger partial charge in [0.05, 0.1) is 17.9 Å². The molecule has 102 valence electrons. The molecule has 5 nitrogen and oxygen atoms in total. The molecule has 0 radical (unpaired) electrons. The Morgan fingerprint density at radius 1 is 1.39 bits per heavy atom. The molecule has 0 bridgehead atoms. The minimum Gasteiger partial charge on any atom is -0.481 e. The van der Waals surface area contributed by atoms with Gasteiger partial charge in [0.15, 0.2) is 0 Å². The second-order valence-electron chi connectivity index (χ2n) is 5.53. The van der Waals surface area contributed by atoms with Gasteiger partial charge in [-0.05, 0) is 38.5 Å². The second-order valence-corrected chi connectivity index (χ2v) is 5.53. The Bertz CT molecular complexity index is 332. The number of ether oxygens (including phenoxy) is 1. The van der Waals surface area contributed by atoms with E-state index >= 15 is 0 Å². The standard InChI is InChI=1S/C13H21NO4/c1-18-13(5-2-6-13)8-11(15)14-10-4-3-9(7-10)12(16)17/h9-10H,2-8H2,1H3,(H,14,15)(H,16,17)/t9-,10+/m1/s1. The number of carbonyl (C=O) groups excluding carboxylic acids is 1. The smallest absolute Gasteiger partial charge is 0.306 e. The molecule has 0 aliphatic heterocycles. The van der Waals surface area contributed by atoms with Crippen molar-refractivity contribution in [3.05, 3.63) is 0 Å². The molecule has 2 rings (SSSR count). The van der Waals surface area contributed by atoms with Crippen LogP contribution in [0.2, 0.25) is 0 Å². The van der Waals surface area contributed by atoms with Crippen LogP contribution < -0.4 is 5.32 Å². The van der Waals surface area contributed by atoms with Crippen LogP contribution in [0.1, 0.15) is 44.9 Å². The van der Waals surface area contributed by atoms with Gasteiger partial charge in [-0.2, -0.15) is 0 Å². The van der Waals surface area contributed by atoms with Crippen LogP contribution in [0.15, 0.2) is 0 Å². The molecule has 2 N–H and O–H groups in total. The van der Waals surface area contributed by atoms with Crippen LogP contribution in [0, 0.1) is 5.92 Å². The molecule has 2 aliphatic carbocycles. The number of nitrogens with one attached hydrogen (secondary N) is 1. The predicted molar refractivity (Wildman–Crippen MR) is 65.1 cm³/mol. The molecular formula is C13H21NO4. The molecule has 0 aromatic carbocycles. The van der Waals surface area contributed by atoms with Crippen molar-refractivity contribution in [2.45, 2.75) is 56.6 Å². The van der Waals surface area contributed by atoms with Crippen molar-refractivity contribution >= 4 is 11.9 Å². The maximum atomic E-state index is 11.9. The fourth-order valence-corrected chi connectivity index (χ4v) is 2.93. The number of carboxylic acids is 1. The average Bonchev–Trinajstić information content (AvgIpc) is 2.72. The summed E-state index contributed by atoms with van der Waals surface area (Å²) in [5.74, 6) is -1.05. The average molecular weight is 255 g/mol. The van der Waals surface area contributed by atoms with E-state index in [0.717, 1.165) is 25.7 Å². The monoisotopic (exact) mass is 255 g/mol. The topological polar surface area (TPSA) is 75.6 Å². The number of methoxy groups -OCH3 is 1. The number of carboxylic acid groups (broad SMARTS) is 1. The lowest BCUT2D eigenvalue weighted by Crippen LogP contribution is -2.45. The molecule has 0 heterocycles. The summed E-state index contributed by atoms with van der Waals surface area (Å²) >= 11 is 0. The van der Waals surface area contributed by atoms with Gasteiger partial charge in [0.2, 0.25) is 5.91 Å². The van der Waals surface area contributed by atoms with Crippen LogP contribution in [0.3, 0.4) is 0 Å². The zero-order valence-corrected chi connectivity index (χ0v) is 10.8. The number of aliphatic carboxylic acids is 1. The molecule has 0 spiro atoms. The van der Waals surface area contributed by atoms with E-state index in [0.29, 0.717) is 19.3 Å². The molecule has 0 saturated heterocycles. The summed E-state index contributed by atoms with van der Waals surface area (Å²) in [6.45, 7) is 0. The molecule has 2 fully saturated rings. The normalized spacial score (nSPS) is 29.6. The largest absolute Gasteiger partial charge is 0.481 e. The van der Waals surface area contributed by atoms with Gasteiger partial charge in [-0.3, -0.25) is 9.59 Å². The first-order valence-electron chi connectivity index (χ1n) is 6.62. The van der Waals surface area contributed by atoms with E-state index in [-0.39, 0.29) is 23.5 Å². The number of amides is 1. The molecule has 0 unspecified atom stereocenters. The second kappa shape index (κ2) is 5.26. The molecule has 2 aliphatic rings. The first-order chi connectivity index (χ1) is 8.54. The highest BCUT2D eigenvalue weighted by atomic mass is 16.5. The van der Waals surface area contributed by atoms with Gasteiger partial charge in [0.25, 0.3) is 0 Å². The van der Waals surface area contributed by atoms with Crippen molar-refractivity contribution in [3.63, 3.8) is 0 Å². The number of hydrogen-bond donors (Lipinski definition) is 2. The van der Waals surface area contributed by atoms with Crippen LogP contribution in [0.25, 0.3) is 0 Å². The fraction of sp³-hybridized carbons (Fsp3) is 0.846. The summed E-state index contributed by atoms with van der Waals surface area (Å²) in [7, 11) is 1.66. The first kappa shape index (κ1) is 13.3. The van der Waals surface area contributed by atoms with Crippen molar-refractivity contribution in [1.29, 1.82) is 0 Å². The molecule has 1 amide bonds. The van der Waals surface area contributed by atoms with Crippen molar-refractivity contribution in [1.82, 2.24) is 5.32 Å². The third kappa shape index (κ3) is 2.83. The van der Waals surface area contributed by atoms with Crippen molar-refractivity contribution in [2.24, 2.45) is 5.92 Å². The van der Waals surface area contributed by atoms with Crippen LogP contribution >= 0.6 is 0 Å². The molecule has 0 aromatic heterocycles. The van der Waals surface area contributed by atoms with E-state index in [1.807, 2.05) is 0 Å². The predicted octanol–water partition coefficient (Wildman–Crippen LogP) is 1.32. The lowest BCUT2D eigenvalue weighted by molar-refractivity contribution is -0.142. The van der Waals surface area contributed by atoms with E-state index in [9.17, 15) is 9.59 Å². The van der Waals surface area contributed by atoms with Gasteiger partial charge < -0.3 is 15.2 Å². The van der Waals surface area contributed by atoms with Gasteiger partial charge in [-0.15, -0.1) is 0 Å². The van der Waals surface area contributed by atoms with E-state index in [1.54, 1.807) is 7.11 Å². The van der Waals surface area contributed by atoms with E-state index in [1.165, 1.54) is 0 Å². The van der Waals surface area contributed by atoms with E-state index in [2.05, 4.69) is 5.32 Å². The molecule has 0 aromatic rings. The maximum absolute atomic E-state index is 11.9. The Morgan fingerprint density at radius 3 is 2.56 bits per heavy atom. The van der Waals surface area contributed by atoms with Crippen LogP contribution in [0.5, 0.6) is 0 Å². The Morgan fingerprint density at radius 2 is 2.11 bits per heavy atom. The summed E-state index contributed by atoms with van der Waals surface area (Å²) in [5, 5.41) is 11.8. The van der Waals surface area contributed by atoms with Gasteiger partial charge >= 0.3 is 5.97 Å². The van der Waals surface area contributed by atoms with E-state index in [4.69, 9.17) is 9.84 Å². The Balaban J connectivity index is 1.77. The minimum absolute atomic E-state index is 0.00686. The van der Waals surface area contributed by atoms with Gasteiger partial charge in [0, 0.05) is 13.2 Å². The highest BCUT2D eigenvalue weighted by molar-refractivity contribution is 5.78. The van der Waals surface area contributed by atoms with Crippen LogP contribution in [0.4, 0.5) is 0 Å². The highest BCUT2D eigenvalue weighted by Gasteiger charge is 2.40. The Hall–Kier alpha value is -1.10. The summed E-state index contributed by atoms with van der Waals surface area (Å²) in [5.41, 5.74) is -0.255. The lowest BCUT2D eigenvalue weighted by Gasteiger charge is -2.40. The third-order valence-corrected chi connectivity index (χ3v) is 4.33. The van der Waals surface area contributed by atoms with E-state index < -0.39 is 5.97 Å². The summed E-state index contributed by atoms with van der Waals surface area (Å²) in [6.07, 6.45) is 5.39. The van der Waals surface area contributed by atoms with Gasteiger partial charge in [-0.25, -0.2) is 0 Å². The zero-order valence-electron chi connectivity index (χ0n) is 10.8. The molecule has 18 heavy (non-hydrogen) atoms. The fourth-order valence-electron chi connectivity index (χ4n) is 2.93. The number of carbonyl (C=O) groups is 2. The van der Waals surface area contributed by atoms with Gasteiger partial charge in [-0.1, -0.05) is 0 Å². The zero-order chi connectivity index (χ0) is 13.2. The summed E-state index contributed by atoms with van der Waals surface area (Å²) < 4.78 is 5.41. The Labute approximate surface area is 107 Å². The minimum atomic E-state index is -0.751. The first-order valence-corrected chi connectivity index (χ1v) is 6.62. The molecule has 5 heteroatoms. The molecule has 2 atom stereocenters. The number of rotatable bonds is 5. The van der Waals surface area contributed by atoms with Crippen LogP contribution in [-0.4, -0.2) is 35.7 Å². The number of hydrogen-bond acceptors (Lipinski definition) is 3. The van der Waals surface area contributed by atoms with Crippen molar-refractivity contribution in [3.8, 4) is 0 Å². The summed E-state index contributed by atoms with van der Waals surface area (Å²) in [6, 6.07) is 0.0209. The van der Waals surface area contributed by atoms with Crippen molar-refractivity contribution in [2.75, 3.05) is 7.11 Å². The SMILES string of the molecule is COC1(CC(=O)N[C@H]2CC[C@@H](C(=O)O)C2)CCC1. The van der Waals surface area contributed by atoms with Gasteiger partial charge in [0.1, 0.15) is 0 Å². The maximum Gasteiger partial charge on any atom is 0.306 e. The third-order valence-electron chi connectivity index (χ3n) is 4.33. The quantitative estimate of drug-likeness (QED) is 0.776. The lowest BCUT2D eigenvalue weighted by atomic mass is 9.77. The Kier molecular flexibility index (Phi) is 3.90. The van der Waals surface area contributed by atoms with Crippen molar-refractivity contribution < 1.29 is 19.4 Å². The van der Waals surface area contributed by atoms with Crippen LogP contribution in [-0.2, 0) is 14.3 Å². The molecular weight excluding hydrogens is 234 g/mol. The summed E-state index contributed by atoms with van der Waals surface area (Å²) in [4.78, 5) is 22.7.